The van der Waals surface area contributed by atoms with Crippen LogP contribution in [0, 0.1) is 34.0 Å². The highest BCUT2D eigenvalue weighted by molar-refractivity contribution is 6.74. The second-order valence-electron chi connectivity index (χ2n) is 14.5. The molecule has 0 amide bonds. The normalized spacial score (nSPS) is 47.7. The highest BCUT2D eigenvalue weighted by Gasteiger charge is 2.85. The summed E-state index contributed by atoms with van der Waals surface area (Å²) in [5.41, 5.74) is 1.24. The Hall–Kier alpha value is -0.533. The summed E-state index contributed by atoms with van der Waals surface area (Å²) in [5, 5.41) is 0.162. The summed E-state index contributed by atoms with van der Waals surface area (Å²) < 4.78 is 19.4. The zero-order chi connectivity index (χ0) is 25.4. The number of likely N-dealkylation sites (tertiary alicyclic amines) is 1. The maximum absolute atomic E-state index is 14.6. The molecule has 4 saturated carbocycles. The number of fused-ring (bicyclic) bond motifs is 2. The van der Waals surface area contributed by atoms with Crippen LogP contribution in [0.2, 0.25) is 18.1 Å². The van der Waals surface area contributed by atoms with Gasteiger partial charge in [0.1, 0.15) is 0 Å². The van der Waals surface area contributed by atoms with E-state index in [1.807, 2.05) is 0 Å². The second-order valence-corrected chi connectivity index (χ2v) is 19.3. The van der Waals surface area contributed by atoms with Gasteiger partial charge in [0.25, 0.3) is 0 Å². The first-order valence-electron chi connectivity index (χ1n) is 14.1. The molecule has 6 aliphatic carbocycles. The van der Waals surface area contributed by atoms with Crippen molar-refractivity contribution in [2.45, 2.75) is 103 Å². The summed E-state index contributed by atoms with van der Waals surface area (Å²) in [6.07, 6.45) is 8.10. The number of piperidine rings is 1. The van der Waals surface area contributed by atoms with Crippen LogP contribution < -0.4 is 0 Å². The molecule has 7 bridgehead atoms. The summed E-state index contributed by atoms with van der Waals surface area (Å²) in [5.74, 6) is 0.0165. The lowest BCUT2D eigenvalue weighted by Crippen LogP contribution is -2.69. The molecule has 1 saturated heterocycles. The summed E-state index contributed by atoms with van der Waals surface area (Å²) in [7, 11) is 1.32. The number of carbonyl (C=O) groups excluding carboxylic acids is 1. The van der Waals surface area contributed by atoms with E-state index < -0.39 is 19.5 Å². The Morgan fingerprint density at radius 1 is 1.14 bits per heavy atom. The summed E-state index contributed by atoms with van der Waals surface area (Å²) in [6.45, 7) is 19.0. The number of ketones is 1. The zero-order valence-electron chi connectivity index (χ0n) is 23.5. The highest BCUT2D eigenvalue weighted by atomic mass is 28.4. The predicted octanol–water partition coefficient (Wildman–Crippen LogP) is 5.41. The zero-order valence-corrected chi connectivity index (χ0v) is 24.5. The number of hydrogen-bond acceptors (Lipinski definition) is 5. The van der Waals surface area contributed by atoms with Gasteiger partial charge in [-0.05, 0) is 79.6 Å². The minimum atomic E-state index is -2.00. The van der Waals surface area contributed by atoms with Crippen LogP contribution in [0.25, 0.3) is 0 Å². The lowest BCUT2D eigenvalue weighted by molar-refractivity contribution is -0.247. The van der Waals surface area contributed by atoms with Crippen LogP contribution in [0.3, 0.4) is 0 Å². The Bertz CT molecular complexity index is 982. The number of rotatable bonds is 5. The van der Waals surface area contributed by atoms with Crippen LogP contribution in [0.15, 0.2) is 11.6 Å². The van der Waals surface area contributed by atoms with Crippen molar-refractivity contribution in [2.75, 3.05) is 27.3 Å². The molecular formula is C29H47NO4Si. The number of hydrogen-bond donors (Lipinski definition) is 0. The van der Waals surface area contributed by atoms with Crippen LogP contribution in [-0.4, -0.2) is 64.2 Å². The van der Waals surface area contributed by atoms with Crippen molar-refractivity contribution in [3.05, 3.63) is 11.6 Å². The van der Waals surface area contributed by atoms with E-state index in [0.29, 0.717) is 17.9 Å². The monoisotopic (exact) mass is 501 g/mol. The van der Waals surface area contributed by atoms with Gasteiger partial charge >= 0.3 is 0 Å². The molecule has 8 atom stereocenters. The molecule has 0 aromatic rings. The van der Waals surface area contributed by atoms with Gasteiger partial charge in [-0.3, -0.25) is 9.69 Å². The first-order chi connectivity index (χ1) is 16.3. The Labute approximate surface area is 213 Å². The SMILES string of the molecule is CCN1CC2(C)CC[C@H](O[Si](C)(C)C(C)(C)C)[C@]34C5=CC6CCC5(C(=O)C6(OC)OC)C(C[C@H]23)C14. The topological polar surface area (TPSA) is 48.0 Å². The van der Waals surface area contributed by atoms with Gasteiger partial charge in [-0.25, -0.2) is 0 Å². The molecule has 0 aromatic carbocycles. The van der Waals surface area contributed by atoms with Crippen LogP contribution in [0.5, 0.6) is 0 Å². The van der Waals surface area contributed by atoms with Crippen molar-refractivity contribution in [2.24, 2.45) is 34.0 Å². The van der Waals surface area contributed by atoms with Crippen molar-refractivity contribution in [1.82, 2.24) is 4.90 Å². The molecule has 0 radical (unpaired) electrons. The van der Waals surface area contributed by atoms with E-state index >= 15 is 0 Å². The Morgan fingerprint density at radius 3 is 2.43 bits per heavy atom. The standard InChI is InChI=1S/C29H47NO4Si/c1-10-30-17-26(5)13-12-22(34-35(8,9)25(2,3)4)28-20(26)16-19(23(28)30)27-14-11-18(15-21(27)28)29(32-6,33-7)24(27)31/h15,18-20,22-23H,10-14,16-17H2,1-9H3/t18?,19?,20-,22+,23?,26?,27?,28-/m1/s1. The van der Waals surface area contributed by atoms with Crippen molar-refractivity contribution < 1.29 is 18.7 Å². The fourth-order valence-electron chi connectivity index (χ4n) is 10.2. The summed E-state index contributed by atoms with van der Waals surface area (Å²) >= 11 is 0. The molecule has 5 nitrogen and oxygen atoms in total. The highest BCUT2D eigenvalue weighted by Crippen LogP contribution is 2.82. The van der Waals surface area contributed by atoms with E-state index in [-0.39, 0.29) is 33.7 Å². The first kappa shape index (κ1) is 24.8. The quantitative estimate of drug-likeness (QED) is 0.286. The first-order valence-corrected chi connectivity index (χ1v) is 17.0. The van der Waals surface area contributed by atoms with Gasteiger partial charge in [0.2, 0.25) is 11.6 Å². The van der Waals surface area contributed by atoms with Gasteiger partial charge in [0.15, 0.2) is 8.32 Å². The second kappa shape index (κ2) is 7.10. The molecule has 6 heteroatoms. The molecule has 196 valence electrons. The van der Waals surface area contributed by atoms with Crippen molar-refractivity contribution in [3.63, 3.8) is 0 Å². The molecular weight excluding hydrogens is 454 g/mol. The minimum absolute atomic E-state index is 0.00638. The fourth-order valence-corrected chi connectivity index (χ4v) is 11.6. The van der Waals surface area contributed by atoms with Gasteiger partial charge in [-0.15, -0.1) is 0 Å². The number of carbonyl (C=O) groups is 1. The molecule has 1 heterocycles. The van der Waals surface area contributed by atoms with Crippen LogP contribution >= 0.6 is 0 Å². The minimum Gasteiger partial charge on any atom is -0.413 e. The van der Waals surface area contributed by atoms with E-state index in [2.05, 4.69) is 58.7 Å². The van der Waals surface area contributed by atoms with Crippen molar-refractivity contribution in [3.8, 4) is 0 Å². The van der Waals surface area contributed by atoms with Gasteiger partial charge in [0.05, 0.1) is 11.5 Å². The average molecular weight is 502 g/mol. The molecule has 35 heavy (non-hydrogen) atoms. The molecule has 0 N–H and O–H groups in total. The van der Waals surface area contributed by atoms with Gasteiger partial charge in [-0.2, -0.15) is 0 Å². The number of Topliss-reactive ketones (excluding diaryl/α,β-unsaturated/α-hetero) is 1. The Morgan fingerprint density at radius 2 is 1.83 bits per heavy atom. The number of nitrogens with zero attached hydrogens (tertiary/aromatic N) is 1. The van der Waals surface area contributed by atoms with Gasteiger partial charge in [-0.1, -0.05) is 40.7 Å². The lowest BCUT2D eigenvalue weighted by Gasteiger charge is -2.66. The van der Waals surface area contributed by atoms with E-state index in [1.165, 1.54) is 12.0 Å². The van der Waals surface area contributed by atoms with Gasteiger partial charge < -0.3 is 13.9 Å². The maximum atomic E-state index is 14.6. The van der Waals surface area contributed by atoms with Crippen molar-refractivity contribution >= 4 is 14.1 Å². The molecule has 5 fully saturated rings. The third-order valence-electron chi connectivity index (χ3n) is 12.5. The summed E-state index contributed by atoms with van der Waals surface area (Å²) in [6, 6.07) is 0.388. The van der Waals surface area contributed by atoms with Crippen LogP contribution in [0.1, 0.15) is 66.7 Å². The Kier molecular flexibility index (Phi) is 5.03. The largest absolute Gasteiger partial charge is 0.413 e. The number of ether oxygens (including phenoxy) is 2. The molecule has 0 aromatic heterocycles. The van der Waals surface area contributed by atoms with Crippen LogP contribution in [0.4, 0.5) is 0 Å². The fraction of sp³-hybridized carbons (Fsp3) is 0.897. The average Bonchev–Trinajstić information content (AvgIpc) is 3.24. The van der Waals surface area contributed by atoms with Crippen LogP contribution in [-0.2, 0) is 18.7 Å². The smallest absolute Gasteiger partial charge is 0.235 e. The molecule has 7 rings (SSSR count). The van der Waals surface area contributed by atoms with E-state index in [0.717, 1.165) is 38.8 Å². The molecule has 2 spiro atoms. The van der Waals surface area contributed by atoms with Crippen molar-refractivity contribution in [1.29, 1.82) is 0 Å². The van der Waals surface area contributed by atoms with E-state index in [4.69, 9.17) is 13.9 Å². The third kappa shape index (κ3) is 2.53. The van der Waals surface area contributed by atoms with Gasteiger partial charge in [0, 0.05) is 38.1 Å². The molecule has 7 aliphatic rings. The summed E-state index contributed by atoms with van der Waals surface area (Å²) in [4.78, 5) is 17.4. The molecule has 5 unspecified atom stereocenters. The predicted molar refractivity (Wildman–Crippen MR) is 139 cm³/mol. The molecule has 1 aliphatic heterocycles. The van der Waals surface area contributed by atoms with E-state index in [9.17, 15) is 4.79 Å². The maximum Gasteiger partial charge on any atom is 0.235 e. The lowest BCUT2D eigenvalue weighted by atomic mass is 9.43. The van der Waals surface area contributed by atoms with E-state index in [1.54, 1.807) is 14.2 Å². The number of methoxy groups -OCH3 is 2. The third-order valence-corrected chi connectivity index (χ3v) is 17.0. The Balaban J connectivity index is 1.58.